The Kier molecular flexibility index (Phi) is 2.77. The van der Waals surface area contributed by atoms with Crippen LogP contribution in [0.25, 0.3) is 10.8 Å². The van der Waals surface area contributed by atoms with Gasteiger partial charge in [-0.25, -0.2) is 9.59 Å². The summed E-state index contributed by atoms with van der Waals surface area (Å²) in [6.45, 7) is 0. The Morgan fingerprint density at radius 1 is 1.00 bits per heavy atom. The summed E-state index contributed by atoms with van der Waals surface area (Å²) in [5.41, 5.74) is -0.500. The Morgan fingerprint density at radius 2 is 1.59 bits per heavy atom. The van der Waals surface area contributed by atoms with Gasteiger partial charge in [0.15, 0.2) is 0 Å². The van der Waals surface area contributed by atoms with Crippen molar-refractivity contribution in [3.63, 3.8) is 0 Å². The maximum atomic E-state index is 11.2. The number of hydrogen-bond acceptors (Lipinski definition) is 3. The molecule has 2 aromatic rings. The first-order chi connectivity index (χ1) is 8.02. The molecule has 0 aliphatic heterocycles. The second-order valence-corrected chi connectivity index (χ2v) is 3.96. The number of fused-ring (bicyclic) bond motifs is 1. The van der Waals surface area contributed by atoms with Crippen LogP contribution in [0.1, 0.15) is 20.7 Å². The minimum atomic E-state index is -1.29. The van der Waals surface area contributed by atoms with E-state index in [9.17, 15) is 9.59 Å². The molecule has 2 N–H and O–H groups in total. The zero-order chi connectivity index (χ0) is 12.6. The molecule has 86 valence electrons. The summed E-state index contributed by atoms with van der Waals surface area (Å²) in [6.07, 6.45) is 0. The lowest BCUT2D eigenvalue weighted by atomic mass is 9.99. The highest BCUT2D eigenvalue weighted by Crippen LogP contribution is 2.28. The van der Waals surface area contributed by atoms with Gasteiger partial charge in [-0.3, -0.25) is 0 Å². The first kappa shape index (κ1) is 11.5. The van der Waals surface area contributed by atoms with E-state index in [-0.39, 0.29) is 16.0 Å². The van der Waals surface area contributed by atoms with Crippen LogP contribution in [0.3, 0.4) is 0 Å². The van der Waals surface area contributed by atoms with Gasteiger partial charge in [-0.2, -0.15) is 0 Å². The van der Waals surface area contributed by atoms with E-state index in [4.69, 9.17) is 10.2 Å². The molecule has 0 saturated heterocycles. The topological polar surface area (TPSA) is 74.6 Å². The summed E-state index contributed by atoms with van der Waals surface area (Å²) >= 11 is 4.03. The van der Waals surface area contributed by atoms with Crippen LogP contribution in [0, 0.1) is 0 Å². The molecular formula is C12H8O4S. The Balaban J connectivity index is 2.99. The van der Waals surface area contributed by atoms with Crippen LogP contribution >= 0.6 is 12.6 Å². The van der Waals surface area contributed by atoms with Crippen molar-refractivity contribution in [2.75, 3.05) is 0 Å². The Morgan fingerprint density at radius 3 is 2.18 bits per heavy atom. The van der Waals surface area contributed by atoms with Gasteiger partial charge in [-0.1, -0.05) is 24.3 Å². The normalized spacial score (nSPS) is 10.4. The molecule has 4 nitrogen and oxygen atoms in total. The molecule has 2 aromatic carbocycles. The lowest BCUT2D eigenvalue weighted by Gasteiger charge is -2.09. The molecule has 0 aromatic heterocycles. The third-order valence-corrected chi connectivity index (χ3v) is 2.81. The third-order valence-electron chi connectivity index (χ3n) is 2.46. The lowest BCUT2D eigenvalue weighted by Crippen LogP contribution is -2.10. The fourth-order valence-electron chi connectivity index (χ4n) is 1.77. The van der Waals surface area contributed by atoms with Gasteiger partial charge in [-0.05, 0) is 16.8 Å². The molecule has 0 radical (unpaired) electrons. The highest BCUT2D eigenvalue weighted by atomic mass is 32.1. The number of aromatic carboxylic acids is 2. The molecule has 0 heterocycles. The Bertz CT molecular complexity index is 634. The fourth-order valence-corrected chi connectivity index (χ4v) is 2.12. The zero-order valence-corrected chi connectivity index (χ0v) is 9.44. The number of carbonyl (C=O) groups is 2. The average Bonchev–Trinajstić information content (AvgIpc) is 2.26. The van der Waals surface area contributed by atoms with Crippen molar-refractivity contribution in [2.45, 2.75) is 4.90 Å². The smallest absolute Gasteiger partial charge is 0.337 e. The molecule has 0 aliphatic rings. The van der Waals surface area contributed by atoms with Gasteiger partial charge >= 0.3 is 11.9 Å². The lowest BCUT2D eigenvalue weighted by molar-refractivity contribution is 0.0650. The molecule has 17 heavy (non-hydrogen) atoms. The molecule has 0 atom stereocenters. The molecule has 2 rings (SSSR count). The number of thiol groups is 1. The van der Waals surface area contributed by atoms with Crippen molar-refractivity contribution in [3.05, 3.63) is 41.5 Å². The predicted molar refractivity (Wildman–Crippen MR) is 65.1 cm³/mol. The standard InChI is InChI=1S/C12H8O4S/c13-11(14)9-7-4-2-1-3-6(7)5-8(17)10(9)12(15)16/h1-5,17H,(H,13,14)(H,15,16). The van der Waals surface area contributed by atoms with E-state index in [1.807, 2.05) is 0 Å². The van der Waals surface area contributed by atoms with Crippen LogP contribution in [-0.2, 0) is 0 Å². The maximum absolute atomic E-state index is 11.2. The van der Waals surface area contributed by atoms with Gasteiger partial charge < -0.3 is 10.2 Å². The molecule has 0 fully saturated rings. The van der Waals surface area contributed by atoms with Crippen molar-refractivity contribution >= 4 is 35.3 Å². The van der Waals surface area contributed by atoms with Crippen molar-refractivity contribution in [1.82, 2.24) is 0 Å². The molecular weight excluding hydrogens is 240 g/mol. The van der Waals surface area contributed by atoms with Crippen LogP contribution < -0.4 is 0 Å². The summed E-state index contributed by atoms with van der Waals surface area (Å²) in [4.78, 5) is 22.4. The predicted octanol–water partition coefficient (Wildman–Crippen LogP) is 2.52. The highest BCUT2D eigenvalue weighted by molar-refractivity contribution is 7.80. The maximum Gasteiger partial charge on any atom is 0.337 e. The number of carboxylic acid groups (broad SMARTS) is 2. The summed E-state index contributed by atoms with van der Waals surface area (Å²) < 4.78 is 0. The summed E-state index contributed by atoms with van der Waals surface area (Å²) in [5.74, 6) is -2.56. The van der Waals surface area contributed by atoms with Crippen LogP contribution in [0.2, 0.25) is 0 Å². The largest absolute Gasteiger partial charge is 0.478 e. The van der Waals surface area contributed by atoms with Gasteiger partial charge in [0.25, 0.3) is 0 Å². The van der Waals surface area contributed by atoms with Crippen LogP contribution in [-0.4, -0.2) is 22.2 Å². The molecule has 0 bridgehead atoms. The summed E-state index contributed by atoms with van der Waals surface area (Å²) in [5, 5.41) is 19.2. The fraction of sp³-hybridized carbons (Fsp3) is 0. The van der Waals surface area contributed by atoms with E-state index in [1.165, 1.54) is 0 Å². The monoisotopic (exact) mass is 248 g/mol. The first-order valence-electron chi connectivity index (χ1n) is 4.73. The molecule has 0 amide bonds. The van der Waals surface area contributed by atoms with E-state index >= 15 is 0 Å². The highest BCUT2D eigenvalue weighted by Gasteiger charge is 2.22. The summed E-state index contributed by atoms with van der Waals surface area (Å²) in [6, 6.07) is 8.26. The molecule has 5 heteroatoms. The number of benzene rings is 2. The van der Waals surface area contributed by atoms with Gasteiger partial charge in [0.2, 0.25) is 0 Å². The second kappa shape index (κ2) is 4.10. The van der Waals surface area contributed by atoms with Gasteiger partial charge in [-0.15, -0.1) is 12.6 Å². The third kappa shape index (κ3) is 1.85. The van der Waals surface area contributed by atoms with E-state index in [0.717, 1.165) is 0 Å². The summed E-state index contributed by atoms with van der Waals surface area (Å²) in [7, 11) is 0. The minimum Gasteiger partial charge on any atom is -0.478 e. The molecule has 0 aliphatic carbocycles. The first-order valence-corrected chi connectivity index (χ1v) is 5.18. The van der Waals surface area contributed by atoms with Crippen LogP contribution in [0.5, 0.6) is 0 Å². The van der Waals surface area contributed by atoms with Crippen LogP contribution in [0.15, 0.2) is 35.2 Å². The van der Waals surface area contributed by atoms with E-state index in [0.29, 0.717) is 10.8 Å². The van der Waals surface area contributed by atoms with Gasteiger partial charge in [0.1, 0.15) is 0 Å². The van der Waals surface area contributed by atoms with Crippen molar-refractivity contribution in [2.24, 2.45) is 0 Å². The number of rotatable bonds is 2. The number of hydrogen-bond donors (Lipinski definition) is 3. The SMILES string of the molecule is O=C(O)c1c(S)cc2ccccc2c1C(=O)O. The van der Waals surface area contributed by atoms with Crippen molar-refractivity contribution in [3.8, 4) is 0 Å². The Labute approximate surface area is 102 Å². The van der Waals surface area contributed by atoms with E-state index < -0.39 is 11.9 Å². The Hall–Kier alpha value is -2.01. The average molecular weight is 248 g/mol. The minimum absolute atomic E-state index is 0.147. The quantitative estimate of drug-likeness (QED) is 0.714. The second-order valence-electron chi connectivity index (χ2n) is 3.48. The van der Waals surface area contributed by atoms with Crippen molar-refractivity contribution in [1.29, 1.82) is 0 Å². The molecule has 0 spiro atoms. The van der Waals surface area contributed by atoms with Gasteiger partial charge in [0.05, 0.1) is 11.1 Å². The molecule has 0 unspecified atom stereocenters. The van der Waals surface area contributed by atoms with E-state index in [2.05, 4.69) is 12.6 Å². The zero-order valence-electron chi connectivity index (χ0n) is 8.54. The molecule has 0 saturated carbocycles. The van der Waals surface area contributed by atoms with Crippen molar-refractivity contribution < 1.29 is 19.8 Å². The number of carboxylic acids is 2. The van der Waals surface area contributed by atoms with Gasteiger partial charge in [0, 0.05) is 4.90 Å². The van der Waals surface area contributed by atoms with E-state index in [1.54, 1.807) is 30.3 Å². The van der Waals surface area contributed by atoms with Crippen LogP contribution in [0.4, 0.5) is 0 Å².